The average Bonchev–Trinajstić information content (AvgIpc) is 2.97. The molecule has 1 fully saturated rings. The quantitative estimate of drug-likeness (QED) is 0.618. The second-order valence-electron chi connectivity index (χ2n) is 6.33. The summed E-state index contributed by atoms with van der Waals surface area (Å²) in [5.74, 6) is 3.11. The molecule has 5 nitrogen and oxygen atoms in total. The van der Waals surface area contributed by atoms with Crippen LogP contribution in [0.15, 0.2) is 23.2 Å². The smallest absolute Gasteiger partial charge is 0.191 e. The van der Waals surface area contributed by atoms with Crippen LogP contribution in [0.3, 0.4) is 0 Å². The zero-order chi connectivity index (χ0) is 16.7. The first kappa shape index (κ1) is 17.9. The molecule has 0 amide bonds. The fraction of sp³-hybridized carbons (Fsp3) is 0.647. The van der Waals surface area contributed by atoms with Gasteiger partial charge in [-0.2, -0.15) is 11.8 Å². The van der Waals surface area contributed by atoms with Crippen LogP contribution in [0, 0.1) is 0 Å². The van der Waals surface area contributed by atoms with E-state index in [1.807, 2.05) is 37.2 Å². The van der Waals surface area contributed by atoms with Gasteiger partial charge in [-0.25, -0.2) is 9.98 Å². The topological polar surface area (TPSA) is 52.6 Å². The molecule has 1 aliphatic heterocycles. The highest BCUT2D eigenvalue weighted by Gasteiger charge is 2.29. The molecule has 1 unspecified atom stereocenters. The predicted octanol–water partition coefficient (Wildman–Crippen LogP) is 2.49. The fourth-order valence-electron chi connectivity index (χ4n) is 2.55. The van der Waals surface area contributed by atoms with Crippen molar-refractivity contribution in [1.29, 1.82) is 0 Å². The zero-order valence-electron chi connectivity index (χ0n) is 14.7. The maximum absolute atomic E-state index is 4.68. The molecule has 1 aromatic heterocycles. The van der Waals surface area contributed by atoms with Crippen LogP contribution in [0.1, 0.15) is 32.4 Å². The molecule has 128 valence electrons. The van der Waals surface area contributed by atoms with E-state index in [9.17, 15) is 0 Å². The van der Waals surface area contributed by atoms with E-state index in [0.29, 0.717) is 11.3 Å². The highest BCUT2D eigenvalue weighted by Crippen LogP contribution is 2.36. The molecule has 2 heterocycles. The molecule has 1 atom stereocenters. The van der Waals surface area contributed by atoms with E-state index in [1.54, 1.807) is 0 Å². The molecule has 2 rings (SSSR count). The number of hydrogen-bond donors (Lipinski definition) is 2. The van der Waals surface area contributed by atoms with Gasteiger partial charge in [0, 0.05) is 31.9 Å². The number of aromatic nitrogens is 1. The molecule has 1 saturated heterocycles. The number of thioether (sulfide) groups is 1. The van der Waals surface area contributed by atoms with E-state index < -0.39 is 0 Å². The normalized spacial score (nSPS) is 21.3. The molecule has 0 bridgehead atoms. The largest absolute Gasteiger partial charge is 0.363 e. The molecule has 6 heteroatoms. The minimum absolute atomic E-state index is 0.333. The Morgan fingerprint density at radius 1 is 1.39 bits per heavy atom. The van der Waals surface area contributed by atoms with Gasteiger partial charge in [0.2, 0.25) is 0 Å². The van der Waals surface area contributed by atoms with Crippen molar-refractivity contribution in [2.24, 2.45) is 4.99 Å². The molecule has 1 aliphatic rings. The average molecular weight is 336 g/mol. The first-order chi connectivity index (χ1) is 11.0. The minimum Gasteiger partial charge on any atom is -0.363 e. The Morgan fingerprint density at radius 3 is 2.87 bits per heavy atom. The fourth-order valence-corrected chi connectivity index (χ4v) is 3.80. The highest BCUT2D eigenvalue weighted by molar-refractivity contribution is 8.00. The van der Waals surface area contributed by atoms with Crippen LogP contribution in [0.2, 0.25) is 0 Å². The van der Waals surface area contributed by atoms with Crippen LogP contribution < -0.4 is 15.5 Å². The third kappa shape index (κ3) is 5.61. The van der Waals surface area contributed by atoms with Gasteiger partial charge in [-0.05, 0) is 44.6 Å². The lowest BCUT2D eigenvalue weighted by molar-refractivity contribution is 0.584. The molecular formula is C17H29N5S. The Kier molecular flexibility index (Phi) is 6.57. The lowest BCUT2D eigenvalue weighted by Gasteiger charge is -2.24. The van der Waals surface area contributed by atoms with E-state index in [2.05, 4.69) is 46.2 Å². The van der Waals surface area contributed by atoms with E-state index in [1.165, 1.54) is 18.6 Å². The van der Waals surface area contributed by atoms with Crippen LogP contribution in [0.25, 0.3) is 0 Å². The first-order valence-corrected chi connectivity index (χ1v) is 9.30. The number of nitrogens with zero attached hydrogens (tertiary/aromatic N) is 3. The molecule has 23 heavy (non-hydrogen) atoms. The molecule has 0 spiro atoms. The van der Waals surface area contributed by atoms with Crippen molar-refractivity contribution < 1.29 is 0 Å². The second-order valence-corrected chi connectivity index (χ2v) is 8.01. The number of hydrogen-bond acceptors (Lipinski definition) is 4. The summed E-state index contributed by atoms with van der Waals surface area (Å²) < 4.78 is 0.333. The predicted molar refractivity (Wildman–Crippen MR) is 101 cm³/mol. The number of nitrogens with one attached hydrogen (secondary N) is 2. The third-order valence-electron chi connectivity index (χ3n) is 3.92. The van der Waals surface area contributed by atoms with E-state index in [-0.39, 0.29) is 0 Å². The van der Waals surface area contributed by atoms with Gasteiger partial charge in [-0.15, -0.1) is 0 Å². The minimum atomic E-state index is 0.333. The van der Waals surface area contributed by atoms with Gasteiger partial charge in [0.05, 0.1) is 12.2 Å². The summed E-state index contributed by atoms with van der Waals surface area (Å²) in [5, 5.41) is 6.81. The number of pyridine rings is 1. The Bertz CT molecular complexity index is 523. The van der Waals surface area contributed by atoms with Crippen molar-refractivity contribution in [3.63, 3.8) is 0 Å². The third-order valence-corrected chi connectivity index (χ3v) is 5.46. The molecule has 0 aromatic carbocycles. The standard InChI is InChI=1S/C17H29N5S/c1-5-18-16(20-13-17(2)10-7-11-23-17)19-12-14-8-6-9-15(21-14)22(3)4/h6,8-9H,5,7,10-13H2,1-4H3,(H2,18,19,20). The van der Waals surface area contributed by atoms with Gasteiger partial charge in [0.25, 0.3) is 0 Å². The maximum atomic E-state index is 4.68. The van der Waals surface area contributed by atoms with Crippen molar-refractivity contribution in [1.82, 2.24) is 15.6 Å². The highest BCUT2D eigenvalue weighted by atomic mass is 32.2. The number of anilines is 1. The number of rotatable bonds is 6. The summed E-state index contributed by atoms with van der Waals surface area (Å²) in [5.41, 5.74) is 0.981. The van der Waals surface area contributed by atoms with Gasteiger partial charge in [-0.3, -0.25) is 0 Å². The lowest BCUT2D eigenvalue weighted by Crippen LogP contribution is -2.43. The Morgan fingerprint density at radius 2 is 2.22 bits per heavy atom. The number of guanidine groups is 1. The zero-order valence-corrected chi connectivity index (χ0v) is 15.5. The van der Waals surface area contributed by atoms with Crippen molar-refractivity contribution >= 4 is 23.5 Å². The van der Waals surface area contributed by atoms with Crippen LogP contribution >= 0.6 is 11.8 Å². The summed E-state index contributed by atoms with van der Waals surface area (Å²) in [4.78, 5) is 11.3. The second kappa shape index (κ2) is 8.43. The molecule has 1 aromatic rings. The van der Waals surface area contributed by atoms with Gasteiger partial charge < -0.3 is 15.5 Å². The SMILES string of the molecule is CCNC(=NCc1cccc(N(C)C)n1)NCC1(C)CCCS1. The van der Waals surface area contributed by atoms with Crippen LogP contribution in [-0.2, 0) is 6.54 Å². The van der Waals surface area contributed by atoms with Crippen molar-refractivity contribution in [3.05, 3.63) is 23.9 Å². The van der Waals surface area contributed by atoms with E-state index in [4.69, 9.17) is 0 Å². The van der Waals surface area contributed by atoms with Crippen LogP contribution in [-0.4, -0.2) is 48.6 Å². The molecule has 0 radical (unpaired) electrons. The Labute approximate surface area is 144 Å². The summed E-state index contributed by atoms with van der Waals surface area (Å²) in [6.07, 6.45) is 2.59. The van der Waals surface area contributed by atoms with Crippen molar-refractivity contribution in [2.45, 2.75) is 38.0 Å². The monoisotopic (exact) mass is 335 g/mol. The molecule has 2 N–H and O–H groups in total. The Balaban J connectivity index is 1.96. The van der Waals surface area contributed by atoms with Crippen molar-refractivity contribution in [2.75, 3.05) is 37.8 Å². The van der Waals surface area contributed by atoms with Gasteiger partial charge >= 0.3 is 0 Å². The molecular weight excluding hydrogens is 306 g/mol. The first-order valence-electron chi connectivity index (χ1n) is 8.32. The summed E-state index contributed by atoms with van der Waals surface area (Å²) in [6, 6.07) is 6.06. The number of aliphatic imine (C=N–C) groups is 1. The van der Waals surface area contributed by atoms with Crippen molar-refractivity contribution in [3.8, 4) is 0 Å². The van der Waals surface area contributed by atoms with Gasteiger partial charge in [-0.1, -0.05) is 6.07 Å². The lowest BCUT2D eigenvalue weighted by atomic mass is 10.1. The van der Waals surface area contributed by atoms with Gasteiger partial charge in [0.15, 0.2) is 5.96 Å². The van der Waals surface area contributed by atoms with Crippen LogP contribution in [0.5, 0.6) is 0 Å². The molecule has 0 saturated carbocycles. The van der Waals surface area contributed by atoms with E-state index >= 15 is 0 Å². The summed E-state index contributed by atoms with van der Waals surface area (Å²) in [7, 11) is 4.00. The van der Waals surface area contributed by atoms with Gasteiger partial charge in [0.1, 0.15) is 5.82 Å². The Hall–Kier alpha value is -1.43. The summed E-state index contributed by atoms with van der Waals surface area (Å²) >= 11 is 2.06. The van der Waals surface area contributed by atoms with E-state index in [0.717, 1.165) is 30.6 Å². The molecule has 0 aliphatic carbocycles. The summed E-state index contributed by atoms with van der Waals surface area (Å²) in [6.45, 7) is 6.83. The maximum Gasteiger partial charge on any atom is 0.191 e. The van der Waals surface area contributed by atoms with Crippen LogP contribution in [0.4, 0.5) is 5.82 Å².